The molecule has 0 aromatic heterocycles. The predicted octanol–water partition coefficient (Wildman–Crippen LogP) is 4.11. The molecule has 0 aliphatic carbocycles. The van der Waals surface area contributed by atoms with Gasteiger partial charge in [-0.2, -0.15) is 26.3 Å². The summed E-state index contributed by atoms with van der Waals surface area (Å²) in [5.74, 6) is 0. The number of hydrogen-bond acceptors (Lipinski definition) is 2. The van der Waals surface area contributed by atoms with Crippen LogP contribution in [0.2, 0.25) is 0 Å². The molecular weight excluding hydrogens is 346 g/mol. The van der Waals surface area contributed by atoms with Crippen LogP contribution in [0.1, 0.15) is 29.7 Å². The maximum Gasteiger partial charge on any atom is 0.416 e. The molecule has 1 aliphatic heterocycles. The van der Waals surface area contributed by atoms with Crippen molar-refractivity contribution < 1.29 is 26.3 Å². The van der Waals surface area contributed by atoms with E-state index < -0.39 is 29.5 Å². The van der Waals surface area contributed by atoms with Gasteiger partial charge in [-0.15, -0.1) is 12.4 Å². The molecule has 1 atom stereocenters. The molecule has 9 heteroatoms. The Morgan fingerprint density at radius 3 is 2.04 bits per heavy atom. The average Bonchev–Trinajstić information content (AvgIpc) is 2.45. The highest BCUT2D eigenvalue weighted by atomic mass is 35.5. The lowest BCUT2D eigenvalue weighted by molar-refractivity contribution is -0.143. The van der Waals surface area contributed by atoms with Gasteiger partial charge < -0.3 is 5.32 Å². The highest BCUT2D eigenvalue weighted by molar-refractivity contribution is 5.85. The summed E-state index contributed by atoms with van der Waals surface area (Å²) in [6.45, 7) is 3.99. The zero-order valence-corrected chi connectivity index (χ0v) is 13.1. The molecule has 1 aromatic carbocycles. The molecule has 0 amide bonds. The minimum absolute atomic E-state index is 0. The second-order valence-corrected chi connectivity index (χ2v) is 5.26. The molecule has 1 saturated heterocycles. The normalized spacial score (nSPS) is 18.4. The second-order valence-electron chi connectivity index (χ2n) is 5.26. The van der Waals surface area contributed by atoms with Crippen molar-refractivity contribution in [2.24, 2.45) is 0 Å². The van der Waals surface area contributed by atoms with E-state index in [9.17, 15) is 26.3 Å². The third kappa shape index (κ3) is 4.74. The molecule has 1 aliphatic rings. The van der Waals surface area contributed by atoms with Gasteiger partial charge in [0.2, 0.25) is 0 Å². The van der Waals surface area contributed by atoms with E-state index in [0.29, 0.717) is 32.2 Å². The van der Waals surface area contributed by atoms with Crippen LogP contribution in [-0.4, -0.2) is 31.1 Å². The molecule has 1 fully saturated rings. The van der Waals surface area contributed by atoms with Gasteiger partial charge in [0.1, 0.15) is 0 Å². The summed E-state index contributed by atoms with van der Waals surface area (Å²) < 4.78 is 77.4. The summed E-state index contributed by atoms with van der Waals surface area (Å²) >= 11 is 0. The van der Waals surface area contributed by atoms with Gasteiger partial charge in [-0.05, 0) is 24.6 Å². The lowest BCUT2D eigenvalue weighted by Crippen LogP contribution is -2.44. The number of halogens is 7. The zero-order valence-electron chi connectivity index (χ0n) is 12.3. The number of alkyl halides is 6. The minimum Gasteiger partial charge on any atom is -0.314 e. The Morgan fingerprint density at radius 2 is 1.57 bits per heavy atom. The van der Waals surface area contributed by atoms with Gasteiger partial charge in [-0.25, -0.2) is 0 Å². The summed E-state index contributed by atoms with van der Waals surface area (Å²) in [5, 5.41) is 3.08. The van der Waals surface area contributed by atoms with Crippen LogP contribution in [0.3, 0.4) is 0 Å². The smallest absolute Gasteiger partial charge is 0.314 e. The third-order valence-electron chi connectivity index (χ3n) is 3.84. The summed E-state index contributed by atoms with van der Waals surface area (Å²) in [5.41, 5.74) is -2.62. The fourth-order valence-corrected chi connectivity index (χ4v) is 2.61. The van der Waals surface area contributed by atoms with Crippen LogP contribution in [0.5, 0.6) is 0 Å². The Balaban J connectivity index is 0.00000264. The van der Waals surface area contributed by atoms with E-state index in [1.807, 2.05) is 4.90 Å². The van der Waals surface area contributed by atoms with Crippen LogP contribution in [0, 0.1) is 0 Å². The molecule has 2 rings (SSSR count). The van der Waals surface area contributed by atoms with Crippen molar-refractivity contribution in [3.8, 4) is 0 Å². The van der Waals surface area contributed by atoms with Gasteiger partial charge in [-0.1, -0.05) is 6.07 Å². The Kier molecular flexibility index (Phi) is 6.34. The first kappa shape index (κ1) is 20.1. The number of hydrogen-bond donors (Lipinski definition) is 1. The summed E-state index contributed by atoms with van der Waals surface area (Å²) in [4.78, 5) is 1.83. The van der Waals surface area contributed by atoms with Crippen LogP contribution >= 0.6 is 12.4 Å². The lowest BCUT2D eigenvalue weighted by atomic mass is 9.96. The van der Waals surface area contributed by atoms with E-state index in [1.165, 1.54) is 0 Å². The number of piperazine rings is 1. The maximum atomic E-state index is 13.1. The number of rotatable bonds is 2. The summed E-state index contributed by atoms with van der Waals surface area (Å²) in [6.07, 6.45) is -9.62. The summed E-state index contributed by atoms with van der Waals surface area (Å²) in [6, 6.07) is 1.26. The number of nitrogens with one attached hydrogen (secondary N) is 1. The largest absolute Gasteiger partial charge is 0.416 e. The third-order valence-corrected chi connectivity index (χ3v) is 3.84. The molecule has 132 valence electrons. The Bertz CT molecular complexity index is 523. The highest BCUT2D eigenvalue weighted by Gasteiger charge is 2.39. The van der Waals surface area contributed by atoms with Crippen LogP contribution in [0.4, 0.5) is 26.3 Å². The molecule has 1 heterocycles. The molecule has 1 N–H and O–H groups in total. The zero-order chi connectivity index (χ0) is 16.5. The summed E-state index contributed by atoms with van der Waals surface area (Å²) in [7, 11) is 0. The minimum atomic E-state index is -4.82. The molecule has 0 radical (unpaired) electrons. The van der Waals surface area contributed by atoms with Crippen molar-refractivity contribution in [1.29, 1.82) is 0 Å². The van der Waals surface area contributed by atoms with Crippen molar-refractivity contribution in [2.75, 3.05) is 26.2 Å². The quantitative estimate of drug-likeness (QED) is 0.796. The molecule has 0 bridgehead atoms. The molecule has 2 nitrogen and oxygen atoms in total. The predicted molar refractivity (Wildman–Crippen MR) is 76.6 cm³/mol. The topological polar surface area (TPSA) is 15.3 Å². The van der Waals surface area contributed by atoms with Crippen molar-refractivity contribution >= 4 is 12.4 Å². The molecular formula is C14H17ClF6N2. The van der Waals surface area contributed by atoms with Crippen molar-refractivity contribution in [3.05, 3.63) is 34.9 Å². The van der Waals surface area contributed by atoms with Gasteiger partial charge >= 0.3 is 12.4 Å². The van der Waals surface area contributed by atoms with Gasteiger partial charge in [-0.3, -0.25) is 4.90 Å². The van der Waals surface area contributed by atoms with Crippen LogP contribution < -0.4 is 5.32 Å². The van der Waals surface area contributed by atoms with Crippen LogP contribution in [0.15, 0.2) is 18.2 Å². The maximum absolute atomic E-state index is 13.1. The van der Waals surface area contributed by atoms with Gasteiger partial charge in [0.15, 0.2) is 0 Å². The SMILES string of the molecule is C[C@@H](c1ccc(C(F)(F)F)cc1C(F)(F)F)N1CCNCC1.Cl. The van der Waals surface area contributed by atoms with Crippen molar-refractivity contribution in [3.63, 3.8) is 0 Å². The first-order chi connectivity index (χ1) is 10.1. The van der Waals surface area contributed by atoms with Gasteiger partial charge in [0.05, 0.1) is 11.1 Å². The molecule has 23 heavy (non-hydrogen) atoms. The first-order valence-corrected chi connectivity index (χ1v) is 6.84. The van der Waals surface area contributed by atoms with E-state index >= 15 is 0 Å². The molecule has 0 spiro atoms. The monoisotopic (exact) mass is 362 g/mol. The number of benzene rings is 1. The standard InChI is InChI=1S/C14H16F6N2.ClH/c1-9(22-6-4-21-5-7-22)11-3-2-10(13(15,16)17)8-12(11)14(18,19)20;/h2-3,8-9,21H,4-7H2,1H3;1H/t9-;/m0./s1. The Labute approximate surface area is 136 Å². The van der Waals surface area contributed by atoms with E-state index in [0.717, 1.165) is 6.07 Å². The van der Waals surface area contributed by atoms with Crippen molar-refractivity contribution in [1.82, 2.24) is 10.2 Å². The lowest BCUT2D eigenvalue weighted by Gasteiger charge is -2.34. The highest BCUT2D eigenvalue weighted by Crippen LogP contribution is 2.40. The van der Waals surface area contributed by atoms with Gasteiger partial charge in [0, 0.05) is 32.2 Å². The fraction of sp³-hybridized carbons (Fsp3) is 0.571. The van der Waals surface area contributed by atoms with E-state index in [4.69, 9.17) is 0 Å². The average molecular weight is 363 g/mol. The number of nitrogens with zero attached hydrogens (tertiary/aromatic N) is 1. The van der Waals surface area contributed by atoms with Crippen LogP contribution in [0.25, 0.3) is 0 Å². The van der Waals surface area contributed by atoms with E-state index in [-0.39, 0.29) is 24.0 Å². The van der Waals surface area contributed by atoms with Crippen molar-refractivity contribution in [2.45, 2.75) is 25.3 Å². The van der Waals surface area contributed by atoms with E-state index in [2.05, 4.69) is 5.32 Å². The second kappa shape index (κ2) is 7.27. The fourth-order valence-electron chi connectivity index (χ4n) is 2.61. The Morgan fingerprint density at radius 1 is 1.00 bits per heavy atom. The first-order valence-electron chi connectivity index (χ1n) is 6.84. The molecule has 1 aromatic rings. The molecule has 0 saturated carbocycles. The van der Waals surface area contributed by atoms with Gasteiger partial charge in [0.25, 0.3) is 0 Å². The van der Waals surface area contributed by atoms with Crippen LogP contribution in [-0.2, 0) is 12.4 Å². The Hall–Kier alpha value is -0.990. The van der Waals surface area contributed by atoms with E-state index in [1.54, 1.807) is 6.92 Å². The molecule has 0 unspecified atom stereocenters.